The Bertz CT molecular complexity index is 224. The molecule has 0 aromatic heterocycles. The summed E-state index contributed by atoms with van der Waals surface area (Å²) in [6, 6.07) is 7.36. The molecular formula is C9H16N2. The first-order valence-corrected chi connectivity index (χ1v) is 3.66. The Balaban J connectivity index is 0. The normalized spacial score (nSPS) is 7.82. The van der Waals surface area contributed by atoms with Crippen molar-refractivity contribution >= 4 is 18.1 Å². The predicted molar refractivity (Wildman–Crippen MR) is 53.5 cm³/mol. The second kappa shape index (κ2) is 5.47. The molecule has 0 aliphatic heterocycles. The van der Waals surface area contributed by atoms with Crippen LogP contribution in [0.5, 0.6) is 0 Å². The number of nitrogen functional groups attached to an aromatic ring is 1. The van der Waals surface area contributed by atoms with Gasteiger partial charge < -0.3 is 5.73 Å². The van der Waals surface area contributed by atoms with E-state index in [0.29, 0.717) is 5.69 Å². The summed E-state index contributed by atoms with van der Waals surface area (Å²) in [5.74, 6) is 0. The maximum atomic E-state index is 5.50. The number of anilines is 1. The largest absolute Gasteiger partial charge is 0.397 e. The van der Waals surface area contributed by atoms with Crippen molar-refractivity contribution in [1.82, 2.24) is 0 Å². The van der Waals surface area contributed by atoms with Crippen LogP contribution in [-0.4, -0.2) is 6.72 Å². The predicted octanol–water partition coefficient (Wildman–Crippen LogP) is 2.87. The monoisotopic (exact) mass is 152 g/mol. The van der Waals surface area contributed by atoms with Crippen molar-refractivity contribution in [3.8, 4) is 0 Å². The van der Waals surface area contributed by atoms with E-state index in [1.165, 1.54) is 0 Å². The summed E-state index contributed by atoms with van der Waals surface area (Å²) >= 11 is 0. The van der Waals surface area contributed by atoms with Crippen molar-refractivity contribution in [2.24, 2.45) is 4.99 Å². The Morgan fingerprint density at radius 2 is 1.91 bits per heavy atom. The van der Waals surface area contributed by atoms with Crippen LogP contribution in [0, 0.1) is 0 Å². The molecule has 0 bridgehead atoms. The summed E-state index contributed by atoms with van der Waals surface area (Å²) in [4.78, 5) is 3.70. The number of para-hydroxylation sites is 2. The third kappa shape index (κ3) is 2.85. The van der Waals surface area contributed by atoms with Crippen LogP contribution in [0.2, 0.25) is 0 Å². The quantitative estimate of drug-likeness (QED) is 0.487. The molecule has 0 saturated heterocycles. The summed E-state index contributed by atoms with van der Waals surface area (Å²) in [7, 11) is 0. The standard InChI is InChI=1S/C7H8N2.C2H6.H2/c1-9-7-5-3-2-4-6(7)8;1-2;/h2-5H,1,8H2;1-2H3;1H. The molecule has 11 heavy (non-hydrogen) atoms. The lowest BCUT2D eigenvalue weighted by Gasteiger charge is -1.94. The van der Waals surface area contributed by atoms with Crippen LogP contribution >= 0.6 is 0 Å². The van der Waals surface area contributed by atoms with Gasteiger partial charge in [-0.25, -0.2) is 0 Å². The maximum absolute atomic E-state index is 5.50. The first-order valence-electron chi connectivity index (χ1n) is 3.66. The van der Waals surface area contributed by atoms with Gasteiger partial charge in [0.15, 0.2) is 0 Å². The molecule has 0 heterocycles. The minimum atomic E-state index is 0. The maximum Gasteiger partial charge on any atom is 0.0851 e. The smallest absolute Gasteiger partial charge is 0.0851 e. The van der Waals surface area contributed by atoms with Crippen molar-refractivity contribution in [2.45, 2.75) is 13.8 Å². The van der Waals surface area contributed by atoms with E-state index in [0.717, 1.165) is 5.69 Å². The third-order valence-electron chi connectivity index (χ3n) is 1.11. The average molecular weight is 152 g/mol. The van der Waals surface area contributed by atoms with Crippen LogP contribution < -0.4 is 5.73 Å². The second-order valence-corrected chi connectivity index (χ2v) is 1.72. The second-order valence-electron chi connectivity index (χ2n) is 1.72. The molecule has 2 nitrogen and oxygen atoms in total. The highest BCUT2D eigenvalue weighted by Crippen LogP contribution is 2.18. The first-order chi connectivity index (χ1) is 5.34. The number of hydrogen-bond acceptors (Lipinski definition) is 2. The number of nitrogens with zero attached hydrogens (tertiary/aromatic N) is 1. The molecule has 0 unspecified atom stereocenters. The molecular weight excluding hydrogens is 136 g/mol. The minimum Gasteiger partial charge on any atom is -0.397 e. The molecule has 0 fully saturated rings. The van der Waals surface area contributed by atoms with E-state index >= 15 is 0 Å². The van der Waals surface area contributed by atoms with Crippen LogP contribution in [0.4, 0.5) is 11.4 Å². The molecule has 0 aliphatic carbocycles. The van der Waals surface area contributed by atoms with Crippen molar-refractivity contribution in [3.63, 3.8) is 0 Å². The Hall–Kier alpha value is -1.31. The van der Waals surface area contributed by atoms with Gasteiger partial charge in [0, 0.05) is 1.43 Å². The van der Waals surface area contributed by atoms with E-state index in [-0.39, 0.29) is 1.43 Å². The average Bonchev–Trinajstić information content (AvgIpc) is 2.09. The number of nitrogens with two attached hydrogens (primary N) is 1. The van der Waals surface area contributed by atoms with E-state index in [2.05, 4.69) is 11.7 Å². The van der Waals surface area contributed by atoms with Crippen molar-refractivity contribution in [1.29, 1.82) is 0 Å². The van der Waals surface area contributed by atoms with E-state index < -0.39 is 0 Å². The Morgan fingerprint density at radius 1 is 1.36 bits per heavy atom. The minimum absolute atomic E-state index is 0. The molecule has 0 amide bonds. The van der Waals surface area contributed by atoms with Gasteiger partial charge in [-0.3, -0.25) is 4.99 Å². The fraction of sp³-hybridized carbons (Fsp3) is 0.222. The van der Waals surface area contributed by atoms with Gasteiger partial charge in [0.05, 0.1) is 11.4 Å². The summed E-state index contributed by atoms with van der Waals surface area (Å²) in [5, 5.41) is 0. The third-order valence-corrected chi connectivity index (χ3v) is 1.11. The van der Waals surface area contributed by atoms with Crippen LogP contribution in [-0.2, 0) is 0 Å². The van der Waals surface area contributed by atoms with Crippen LogP contribution in [0.15, 0.2) is 29.3 Å². The molecule has 1 rings (SSSR count). The van der Waals surface area contributed by atoms with Gasteiger partial charge in [-0.05, 0) is 18.9 Å². The highest BCUT2D eigenvalue weighted by atomic mass is 14.7. The Kier molecular flexibility index (Phi) is 4.82. The lowest BCUT2D eigenvalue weighted by atomic mass is 10.3. The van der Waals surface area contributed by atoms with Crippen LogP contribution in [0.3, 0.4) is 0 Å². The van der Waals surface area contributed by atoms with Gasteiger partial charge in [-0.1, -0.05) is 26.0 Å². The van der Waals surface area contributed by atoms with E-state index in [1.807, 2.05) is 32.0 Å². The van der Waals surface area contributed by atoms with Gasteiger partial charge in [0.2, 0.25) is 0 Å². The summed E-state index contributed by atoms with van der Waals surface area (Å²) < 4.78 is 0. The van der Waals surface area contributed by atoms with Gasteiger partial charge in [0.25, 0.3) is 0 Å². The molecule has 1 aromatic carbocycles. The summed E-state index contributed by atoms with van der Waals surface area (Å²) in [6.45, 7) is 7.36. The molecule has 0 atom stereocenters. The Labute approximate surface area is 69.3 Å². The molecule has 1 aromatic rings. The zero-order chi connectivity index (χ0) is 8.69. The van der Waals surface area contributed by atoms with Crippen LogP contribution in [0.1, 0.15) is 15.3 Å². The highest BCUT2D eigenvalue weighted by Gasteiger charge is 1.88. The van der Waals surface area contributed by atoms with Gasteiger partial charge in [-0.15, -0.1) is 0 Å². The van der Waals surface area contributed by atoms with Gasteiger partial charge in [0.1, 0.15) is 0 Å². The number of hydrogen-bond donors (Lipinski definition) is 1. The molecule has 2 heteroatoms. The van der Waals surface area contributed by atoms with E-state index in [9.17, 15) is 0 Å². The number of rotatable bonds is 1. The summed E-state index contributed by atoms with van der Waals surface area (Å²) in [5.41, 5.74) is 6.92. The fourth-order valence-corrected chi connectivity index (χ4v) is 0.632. The van der Waals surface area contributed by atoms with Crippen molar-refractivity contribution in [2.75, 3.05) is 5.73 Å². The number of aliphatic imine (C=N–C) groups is 1. The van der Waals surface area contributed by atoms with Gasteiger partial charge >= 0.3 is 0 Å². The topological polar surface area (TPSA) is 38.4 Å². The van der Waals surface area contributed by atoms with Crippen molar-refractivity contribution < 1.29 is 1.43 Å². The summed E-state index contributed by atoms with van der Waals surface area (Å²) in [6.07, 6.45) is 0. The first kappa shape index (κ1) is 9.69. The zero-order valence-corrected chi connectivity index (χ0v) is 7.04. The number of benzene rings is 1. The lowest BCUT2D eigenvalue weighted by molar-refractivity contribution is 1.50. The molecule has 2 N–H and O–H groups in total. The Morgan fingerprint density at radius 3 is 2.27 bits per heavy atom. The SMILES string of the molecule is C=Nc1ccccc1N.CC.[HH]. The molecule has 0 aliphatic rings. The van der Waals surface area contributed by atoms with E-state index in [1.54, 1.807) is 6.07 Å². The lowest BCUT2D eigenvalue weighted by Crippen LogP contribution is -1.82. The van der Waals surface area contributed by atoms with E-state index in [4.69, 9.17) is 5.73 Å². The van der Waals surface area contributed by atoms with Crippen molar-refractivity contribution in [3.05, 3.63) is 24.3 Å². The molecule has 62 valence electrons. The molecule has 0 saturated carbocycles. The van der Waals surface area contributed by atoms with Crippen LogP contribution in [0.25, 0.3) is 0 Å². The highest BCUT2D eigenvalue weighted by molar-refractivity contribution is 5.64. The fourth-order valence-electron chi connectivity index (χ4n) is 0.632. The van der Waals surface area contributed by atoms with Gasteiger partial charge in [-0.2, -0.15) is 0 Å². The molecule has 0 radical (unpaired) electrons. The zero-order valence-electron chi connectivity index (χ0n) is 7.04. The molecule has 0 spiro atoms.